The number of anilines is 1. The molecular formula is C17H24ClF3N2O2. The molecule has 0 heterocycles. The smallest absolute Gasteiger partial charge is 0.416 e. The first-order valence-electron chi connectivity index (χ1n) is 8.20. The topological polar surface area (TPSA) is 64.3 Å². The summed E-state index contributed by atoms with van der Waals surface area (Å²) in [6, 6.07) is 3.09. The maximum Gasteiger partial charge on any atom is 0.416 e. The molecule has 1 aliphatic rings. The first-order valence-corrected chi connectivity index (χ1v) is 8.20. The number of nitrogens with two attached hydrogens (primary N) is 1. The van der Waals surface area contributed by atoms with Crippen molar-refractivity contribution in [1.82, 2.24) is 0 Å². The van der Waals surface area contributed by atoms with Crippen molar-refractivity contribution in [3.05, 3.63) is 23.8 Å². The second-order valence-electron chi connectivity index (χ2n) is 6.16. The summed E-state index contributed by atoms with van der Waals surface area (Å²) in [7, 11) is 0. The van der Waals surface area contributed by atoms with Crippen LogP contribution in [-0.2, 0) is 11.0 Å². The first-order chi connectivity index (χ1) is 11.3. The molecular weight excluding hydrogens is 357 g/mol. The number of carbonyl (C=O) groups is 1. The number of nitrogens with one attached hydrogen (secondary N) is 1. The van der Waals surface area contributed by atoms with E-state index < -0.39 is 11.7 Å². The van der Waals surface area contributed by atoms with Gasteiger partial charge in [0.2, 0.25) is 5.91 Å². The van der Waals surface area contributed by atoms with Gasteiger partial charge in [-0.15, -0.1) is 12.4 Å². The van der Waals surface area contributed by atoms with E-state index >= 15 is 0 Å². The van der Waals surface area contributed by atoms with Crippen molar-refractivity contribution < 1.29 is 22.7 Å². The maximum atomic E-state index is 12.9. The van der Waals surface area contributed by atoms with Crippen molar-refractivity contribution >= 4 is 24.0 Å². The number of hydrogen-bond donors (Lipinski definition) is 2. The quantitative estimate of drug-likeness (QED) is 0.770. The molecule has 142 valence electrons. The Morgan fingerprint density at radius 1 is 1.36 bits per heavy atom. The highest BCUT2D eigenvalue weighted by Crippen LogP contribution is 2.35. The molecule has 3 N–H and O–H groups in total. The van der Waals surface area contributed by atoms with Crippen molar-refractivity contribution in [1.29, 1.82) is 0 Å². The van der Waals surface area contributed by atoms with Gasteiger partial charge >= 0.3 is 6.18 Å². The van der Waals surface area contributed by atoms with Gasteiger partial charge in [0.15, 0.2) is 0 Å². The molecule has 0 unspecified atom stereocenters. The Balaban J connectivity index is 0.00000312. The lowest BCUT2D eigenvalue weighted by atomic mass is 10.00. The molecule has 4 nitrogen and oxygen atoms in total. The van der Waals surface area contributed by atoms with Crippen LogP contribution in [0.25, 0.3) is 0 Å². The molecule has 0 aromatic heterocycles. The molecule has 0 radical (unpaired) electrons. The number of rotatable bonds is 6. The average molecular weight is 381 g/mol. The lowest BCUT2D eigenvalue weighted by molar-refractivity contribution is -0.137. The number of amides is 1. The molecule has 2 atom stereocenters. The van der Waals surface area contributed by atoms with Crippen LogP contribution in [0.3, 0.4) is 0 Å². The number of halogens is 4. The molecule has 1 aromatic rings. The third-order valence-corrected chi connectivity index (χ3v) is 4.21. The summed E-state index contributed by atoms with van der Waals surface area (Å²) in [5, 5.41) is 2.56. The summed E-state index contributed by atoms with van der Waals surface area (Å²) in [6.07, 6.45) is -0.817. The van der Waals surface area contributed by atoms with E-state index in [0.717, 1.165) is 31.4 Å². The van der Waals surface area contributed by atoms with Crippen LogP contribution in [0.1, 0.15) is 44.6 Å². The monoisotopic (exact) mass is 380 g/mol. The summed E-state index contributed by atoms with van der Waals surface area (Å²) >= 11 is 0. The fourth-order valence-electron chi connectivity index (χ4n) is 2.90. The van der Waals surface area contributed by atoms with E-state index in [0.29, 0.717) is 13.0 Å². The Morgan fingerprint density at radius 2 is 2.08 bits per heavy atom. The predicted octanol–water partition coefficient (Wildman–Crippen LogP) is 4.37. The zero-order chi connectivity index (χ0) is 17.7. The van der Waals surface area contributed by atoms with Gasteiger partial charge in [-0.2, -0.15) is 13.2 Å². The van der Waals surface area contributed by atoms with Gasteiger partial charge < -0.3 is 15.8 Å². The Labute approximate surface area is 151 Å². The van der Waals surface area contributed by atoms with Gasteiger partial charge in [-0.05, 0) is 43.4 Å². The summed E-state index contributed by atoms with van der Waals surface area (Å²) in [6.45, 7) is 2.26. The summed E-state index contributed by atoms with van der Waals surface area (Å²) < 4.78 is 44.1. The third kappa shape index (κ3) is 6.08. The van der Waals surface area contributed by atoms with Crippen molar-refractivity contribution in [2.24, 2.45) is 11.7 Å². The SMILES string of the molecule is CCCOc1ccc(C(F)(F)F)cc1NC(=O)C[C@@H]1CCC[C@H]1N.Cl. The lowest BCUT2D eigenvalue weighted by Crippen LogP contribution is -2.28. The van der Waals surface area contributed by atoms with Gasteiger partial charge in [0, 0.05) is 12.5 Å². The minimum absolute atomic E-state index is 0. The first kappa shape index (κ1) is 21.6. The van der Waals surface area contributed by atoms with Gasteiger partial charge in [-0.25, -0.2) is 0 Å². The second kappa shape index (κ2) is 9.29. The molecule has 8 heteroatoms. The minimum atomic E-state index is -4.48. The van der Waals surface area contributed by atoms with Crippen LogP contribution in [0.2, 0.25) is 0 Å². The largest absolute Gasteiger partial charge is 0.491 e. The fourth-order valence-corrected chi connectivity index (χ4v) is 2.90. The van der Waals surface area contributed by atoms with Crippen LogP contribution in [-0.4, -0.2) is 18.6 Å². The number of hydrogen-bond acceptors (Lipinski definition) is 3. The van der Waals surface area contributed by atoms with E-state index in [-0.39, 0.29) is 48.1 Å². The molecule has 1 aromatic carbocycles. The number of alkyl halides is 3. The molecule has 2 rings (SSSR count). The Hall–Kier alpha value is -1.47. The molecule has 0 bridgehead atoms. The number of benzene rings is 1. The predicted molar refractivity (Wildman–Crippen MR) is 93.0 cm³/mol. The third-order valence-electron chi connectivity index (χ3n) is 4.21. The van der Waals surface area contributed by atoms with Crippen LogP contribution in [0.5, 0.6) is 5.75 Å². The summed E-state index contributed by atoms with van der Waals surface area (Å²) in [5.74, 6) is -0.0113. The highest BCUT2D eigenvalue weighted by atomic mass is 35.5. The Bertz CT molecular complexity index is 582. The number of ether oxygens (including phenoxy) is 1. The Kier molecular flexibility index (Phi) is 8.02. The molecule has 1 saturated carbocycles. The van der Waals surface area contributed by atoms with Crippen molar-refractivity contribution in [2.75, 3.05) is 11.9 Å². The van der Waals surface area contributed by atoms with Crippen LogP contribution in [0, 0.1) is 5.92 Å². The van der Waals surface area contributed by atoms with Crippen LogP contribution in [0.4, 0.5) is 18.9 Å². The maximum absolute atomic E-state index is 12.9. The Morgan fingerprint density at radius 3 is 2.64 bits per heavy atom. The second-order valence-corrected chi connectivity index (χ2v) is 6.16. The molecule has 1 aliphatic carbocycles. The normalized spacial score (nSPS) is 20.0. The van der Waals surface area contributed by atoms with Crippen molar-refractivity contribution in [3.63, 3.8) is 0 Å². The van der Waals surface area contributed by atoms with Gasteiger partial charge in [0.05, 0.1) is 17.9 Å². The van der Waals surface area contributed by atoms with E-state index in [1.54, 1.807) is 0 Å². The van der Waals surface area contributed by atoms with Crippen molar-refractivity contribution in [3.8, 4) is 5.75 Å². The molecule has 25 heavy (non-hydrogen) atoms. The number of carbonyl (C=O) groups excluding carboxylic acids is 1. The molecule has 1 fully saturated rings. The summed E-state index contributed by atoms with van der Waals surface area (Å²) in [4.78, 5) is 12.2. The van der Waals surface area contributed by atoms with Crippen molar-refractivity contribution in [2.45, 2.75) is 51.2 Å². The van der Waals surface area contributed by atoms with E-state index in [9.17, 15) is 18.0 Å². The summed E-state index contributed by atoms with van der Waals surface area (Å²) in [5.41, 5.74) is 5.17. The lowest BCUT2D eigenvalue weighted by Gasteiger charge is -2.17. The van der Waals surface area contributed by atoms with Gasteiger partial charge in [0.25, 0.3) is 0 Å². The molecule has 1 amide bonds. The van der Waals surface area contributed by atoms with Gasteiger partial charge in [-0.1, -0.05) is 13.3 Å². The van der Waals surface area contributed by atoms with Crippen LogP contribution < -0.4 is 15.8 Å². The van der Waals surface area contributed by atoms with Crippen LogP contribution in [0.15, 0.2) is 18.2 Å². The highest BCUT2D eigenvalue weighted by Gasteiger charge is 2.32. The molecule has 0 saturated heterocycles. The van der Waals surface area contributed by atoms with Gasteiger partial charge in [-0.3, -0.25) is 4.79 Å². The fraction of sp³-hybridized carbons (Fsp3) is 0.588. The zero-order valence-electron chi connectivity index (χ0n) is 14.1. The van der Waals surface area contributed by atoms with E-state index in [1.807, 2.05) is 6.92 Å². The molecule has 0 spiro atoms. The van der Waals surface area contributed by atoms with E-state index in [1.165, 1.54) is 6.07 Å². The standard InChI is InChI=1S/C17H23F3N2O2.ClH/c1-2-8-24-15-7-6-12(17(18,19)20)10-14(15)22-16(23)9-11-4-3-5-13(11)21;/h6-7,10-11,13H,2-5,8-9,21H2,1H3,(H,22,23);1H/t11-,13+;/m0./s1. The highest BCUT2D eigenvalue weighted by molar-refractivity contribution is 5.92. The molecule has 0 aliphatic heterocycles. The zero-order valence-corrected chi connectivity index (χ0v) is 14.9. The average Bonchev–Trinajstić information content (AvgIpc) is 2.90. The van der Waals surface area contributed by atoms with E-state index in [4.69, 9.17) is 10.5 Å². The minimum Gasteiger partial charge on any atom is -0.491 e. The van der Waals surface area contributed by atoms with Crippen LogP contribution >= 0.6 is 12.4 Å². The van der Waals surface area contributed by atoms with Gasteiger partial charge in [0.1, 0.15) is 5.75 Å². The van der Waals surface area contributed by atoms with E-state index in [2.05, 4.69) is 5.32 Å².